The summed E-state index contributed by atoms with van der Waals surface area (Å²) < 4.78 is 4.91. The number of hydrogen-bond donors (Lipinski definition) is 1. The first kappa shape index (κ1) is 12.5. The first-order chi connectivity index (χ1) is 7.11. The number of esters is 1. The minimum atomic E-state index is -0.101. The third kappa shape index (κ3) is 5.78. The molecule has 1 aliphatic carbocycles. The Bertz CT molecular complexity index is 202. The Hall–Kier alpha value is -0.570. The molecule has 0 heterocycles. The highest BCUT2D eigenvalue weighted by molar-refractivity contribution is 5.69. The van der Waals surface area contributed by atoms with Crippen LogP contribution in [-0.2, 0) is 9.53 Å². The Morgan fingerprint density at radius 1 is 1.40 bits per heavy atom. The van der Waals surface area contributed by atoms with Gasteiger partial charge in [0.2, 0.25) is 0 Å². The van der Waals surface area contributed by atoms with Gasteiger partial charge in [-0.05, 0) is 33.1 Å². The largest absolute Gasteiger partial charge is 0.466 e. The molecule has 0 amide bonds. The Kier molecular flexibility index (Phi) is 5.09. The molecule has 15 heavy (non-hydrogen) atoms. The molecular formula is C12H23NO2. The highest BCUT2D eigenvalue weighted by Gasteiger charge is 2.24. The molecule has 0 aromatic carbocycles. The van der Waals surface area contributed by atoms with Crippen molar-refractivity contribution in [3.8, 4) is 0 Å². The molecular weight excluding hydrogens is 190 g/mol. The van der Waals surface area contributed by atoms with E-state index in [4.69, 9.17) is 4.74 Å². The monoisotopic (exact) mass is 213 g/mol. The summed E-state index contributed by atoms with van der Waals surface area (Å²) in [6.07, 6.45) is 4.49. The van der Waals surface area contributed by atoms with E-state index < -0.39 is 0 Å². The Labute approximate surface area is 92.6 Å². The lowest BCUT2D eigenvalue weighted by Gasteiger charge is -2.19. The van der Waals surface area contributed by atoms with Gasteiger partial charge in [0.25, 0.3) is 0 Å². The summed E-state index contributed by atoms with van der Waals surface area (Å²) in [7, 11) is 0. The number of carbonyl (C=O) groups excluding carboxylic acids is 1. The maximum absolute atomic E-state index is 11.2. The van der Waals surface area contributed by atoms with E-state index in [9.17, 15) is 4.79 Å². The Balaban J connectivity index is 2.10. The Morgan fingerprint density at radius 3 is 2.60 bits per heavy atom. The van der Waals surface area contributed by atoms with Crippen LogP contribution in [0.4, 0.5) is 0 Å². The van der Waals surface area contributed by atoms with Gasteiger partial charge in [-0.1, -0.05) is 12.8 Å². The van der Waals surface area contributed by atoms with Crippen LogP contribution in [0.5, 0.6) is 0 Å². The van der Waals surface area contributed by atoms with E-state index in [0.29, 0.717) is 19.1 Å². The molecule has 0 saturated heterocycles. The second-order valence-electron chi connectivity index (χ2n) is 4.66. The van der Waals surface area contributed by atoms with Crippen molar-refractivity contribution in [1.29, 1.82) is 0 Å². The van der Waals surface area contributed by atoms with E-state index in [1.807, 2.05) is 13.8 Å². The average molecular weight is 213 g/mol. The smallest absolute Gasteiger partial charge is 0.307 e. The first-order valence-corrected chi connectivity index (χ1v) is 6.03. The standard InChI is InChI=1S/C12H23NO2/c1-4-15-12(14)8-10(3)13-9(2)7-11-5-6-11/h9-11,13H,4-8H2,1-3H3. The summed E-state index contributed by atoms with van der Waals surface area (Å²) in [5, 5.41) is 3.44. The highest BCUT2D eigenvalue weighted by atomic mass is 16.5. The molecule has 1 fully saturated rings. The van der Waals surface area contributed by atoms with Crippen molar-refractivity contribution in [3.05, 3.63) is 0 Å². The quantitative estimate of drug-likeness (QED) is 0.658. The van der Waals surface area contributed by atoms with Gasteiger partial charge in [-0.3, -0.25) is 4.79 Å². The van der Waals surface area contributed by atoms with Crippen LogP contribution in [0, 0.1) is 5.92 Å². The van der Waals surface area contributed by atoms with Crippen molar-refractivity contribution >= 4 is 5.97 Å². The fraction of sp³-hybridized carbons (Fsp3) is 0.917. The van der Waals surface area contributed by atoms with Gasteiger partial charge in [0.1, 0.15) is 0 Å². The van der Waals surface area contributed by atoms with Gasteiger partial charge in [-0.15, -0.1) is 0 Å². The van der Waals surface area contributed by atoms with Crippen LogP contribution in [0.2, 0.25) is 0 Å². The van der Waals surface area contributed by atoms with Crippen LogP contribution in [0.25, 0.3) is 0 Å². The first-order valence-electron chi connectivity index (χ1n) is 6.03. The van der Waals surface area contributed by atoms with Gasteiger partial charge in [-0.25, -0.2) is 0 Å². The maximum Gasteiger partial charge on any atom is 0.307 e. The molecule has 0 aromatic rings. The molecule has 1 N–H and O–H groups in total. The summed E-state index contributed by atoms with van der Waals surface area (Å²) in [6, 6.07) is 0.736. The van der Waals surface area contributed by atoms with Crippen molar-refractivity contribution in [1.82, 2.24) is 5.32 Å². The predicted octanol–water partition coefficient (Wildman–Crippen LogP) is 2.11. The molecule has 3 heteroatoms. The lowest BCUT2D eigenvalue weighted by Crippen LogP contribution is -2.36. The number of rotatable bonds is 7. The lowest BCUT2D eigenvalue weighted by atomic mass is 10.1. The van der Waals surface area contributed by atoms with Crippen molar-refractivity contribution in [2.75, 3.05) is 6.61 Å². The normalized spacial score (nSPS) is 19.7. The SMILES string of the molecule is CCOC(=O)CC(C)NC(C)CC1CC1. The third-order valence-electron chi connectivity index (χ3n) is 2.73. The minimum absolute atomic E-state index is 0.101. The van der Waals surface area contributed by atoms with Crippen LogP contribution in [0.3, 0.4) is 0 Å². The minimum Gasteiger partial charge on any atom is -0.466 e. The molecule has 0 aromatic heterocycles. The summed E-state index contributed by atoms with van der Waals surface area (Å²) in [5.41, 5.74) is 0. The number of carbonyl (C=O) groups is 1. The topological polar surface area (TPSA) is 38.3 Å². The molecule has 0 bridgehead atoms. The van der Waals surface area contributed by atoms with Gasteiger partial charge < -0.3 is 10.1 Å². The molecule has 1 aliphatic rings. The molecule has 1 saturated carbocycles. The van der Waals surface area contributed by atoms with Gasteiger partial charge in [-0.2, -0.15) is 0 Å². The molecule has 2 atom stereocenters. The second-order valence-corrected chi connectivity index (χ2v) is 4.66. The van der Waals surface area contributed by atoms with Gasteiger partial charge in [0.05, 0.1) is 13.0 Å². The van der Waals surface area contributed by atoms with Gasteiger partial charge in [0, 0.05) is 12.1 Å². The predicted molar refractivity (Wildman–Crippen MR) is 60.7 cm³/mol. The number of nitrogens with one attached hydrogen (secondary N) is 1. The van der Waals surface area contributed by atoms with E-state index in [1.54, 1.807) is 0 Å². The zero-order chi connectivity index (χ0) is 11.3. The molecule has 0 radical (unpaired) electrons. The molecule has 1 rings (SSSR count). The lowest BCUT2D eigenvalue weighted by molar-refractivity contribution is -0.143. The van der Waals surface area contributed by atoms with E-state index >= 15 is 0 Å². The molecule has 2 unspecified atom stereocenters. The van der Waals surface area contributed by atoms with E-state index in [1.165, 1.54) is 19.3 Å². The zero-order valence-electron chi connectivity index (χ0n) is 10.1. The molecule has 88 valence electrons. The summed E-state index contributed by atoms with van der Waals surface area (Å²) in [6.45, 7) is 6.55. The van der Waals surface area contributed by atoms with E-state index in [2.05, 4.69) is 12.2 Å². The second kappa shape index (κ2) is 6.11. The summed E-state index contributed by atoms with van der Waals surface area (Å²) in [5.74, 6) is 0.832. The van der Waals surface area contributed by atoms with Gasteiger partial charge >= 0.3 is 5.97 Å². The van der Waals surface area contributed by atoms with Crippen molar-refractivity contribution in [2.45, 2.75) is 58.5 Å². The van der Waals surface area contributed by atoms with Crippen LogP contribution >= 0.6 is 0 Å². The molecule has 3 nitrogen and oxygen atoms in total. The van der Waals surface area contributed by atoms with Crippen molar-refractivity contribution < 1.29 is 9.53 Å². The fourth-order valence-corrected chi connectivity index (χ4v) is 1.94. The summed E-state index contributed by atoms with van der Waals surface area (Å²) >= 11 is 0. The van der Waals surface area contributed by atoms with Crippen LogP contribution in [0.1, 0.15) is 46.5 Å². The van der Waals surface area contributed by atoms with E-state index in [0.717, 1.165) is 5.92 Å². The fourth-order valence-electron chi connectivity index (χ4n) is 1.94. The van der Waals surface area contributed by atoms with Crippen molar-refractivity contribution in [3.63, 3.8) is 0 Å². The summed E-state index contributed by atoms with van der Waals surface area (Å²) in [4.78, 5) is 11.2. The van der Waals surface area contributed by atoms with Crippen LogP contribution < -0.4 is 5.32 Å². The number of ether oxygens (including phenoxy) is 1. The zero-order valence-corrected chi connectivity index (χ0v) is 10.1. The maximum atomic E-state index is 11.2. The van der Waals surface area contributed by atoms with Crippen LogP contribution in [-0.4, -0.2) is 24.7 Å². The molecule has 0 spiro atoms. The van der Waals surface area contributed by atoms with Gasteiger partial charge in [0.15, 0.2) is 0 Å². The molecule has 0 aliphatic heterocycles. The van der Waals surface area contributed by atoms with Crippen LogP contribution in [0.15, 0.2) is 0 Å². The van der Waals surface area contributed by atoms with Crippen molar-refractivity contribution in [2.24, 2.45) is 5.92 Å². The van der Waals surface area contributed by atoms with E-state index in [-0.39, 0.29) is 12.0 Å². The average Bonchev–Trinajstić information content (AvgIpc) is 2.87. The number of hydrogen-bond acceptors (Lipinski definition) is 3. The highest BCUT2D eigenvalue weighted by Crippen LogP contribution is 2.33. The third-order valence-corrected chi connectivity index (χ3v) is 2.73. The Morgan fingerprint density at radius 2 is 2.07 bits per heavy atom.